The van der Waals surface area contributed by atoms with E-state index in [0.29, 0.717) is 0 Å². The van der Waals surface area contributed by atoms with Crippen molar-refractivity contribution in [3.8, 4) is 44.8 Å². The zero-order valence-electron chi connectivity index (χ0n) is 31.9. The van der Waals surface area contributed by atoms with Gasteiger partial charge in [0.1, 0.15) is 0 Å². The van der Waals surface area contributed by atoms with Crippen LogP contribution in [0.25, 0.3) is 99.1 Å². The number of aromatic nitrogens is 2. The summed E-state index contributed by atoms with van der Waals surface area (Å²) >= 11 is 0. The number of rotatable bonds is 4. The van der Waals surface area contributed by atoms with E-state index in [9.17, 15) is 0 Å². The summed E-state index contributed by atoms with van der Waals surface area (Å²) in [5, 5.41) is 7.61. The summed E-state index contributed by atoms with van der Waals surface area (Å²) in [5.74, 6) is 0. The van der Waals surface area contributed by atoms with Gasteiger partial charge >= 0.3 is 0 Å². The first-order chi connectivity index (χ1) is 28.0. The van der Waals surface area contributed by atoms with Crippen molar-refractivity contribution in [1.29, 1.82) is 0 Å². The van der Waals surface area contributed by atoms with Crippen LogP contribution in [0.1, 0.15) is 25.0 Å². The summed E-state index contributed by atoms with van der Waals surface area (Å²) in [4.78, 5) is 0. The van der Waals surface area contributed by atoms with Gasteiger partial charge in [0.2, 0.25) is 0 Å². The van der Waals surface area contributed by atoms with Gasteiger partial charge < -0.3 is 9.13 Å². The van der Waals surface area contributed by atoms with Crippen LogP contribution in [0.2, 0.25) is 0 Å². The molecule has 0 N–H and O–H groups in total. The average molecular weight is 727 g/mol. The second-order valence-electron chi connectivity index (χ2n) is 16.1. The molecule has 2 heteroatoms. The Labute approximate surface area is 331 Å². The second-order valence-corrected chi connectivity index (χ2v) is 16.1. The number of hydrogen-bond acceptors (Lipinski definition) is 0. The molecule has 1 aliphatic rings. The first-order valence-corrected chi connectivity index (χ1v) is 19.9. The summed E-state index contributed by atoms with van der Waals surface area (Å²) in [6.07, 6.45) is 0. The lowest BCUT2D eigenvalue weighted by molar-refractivity contribution is 0.661. The van der Waals surface area contributed by atoms with Gasteiger partial charge in [0.25, 0.3) is 0 Å². The number of nitrogens with zero attached hydrogens (tertiary/aromatic N) is 2. The molecule has 2 aromatic heterocycles. The summed E-state index contributed by atoms with van der Waals surface area (Å²) < 4.78 is 4.91. The summed E-state index contributed by atoms with van der Waals surface area (Å²) in [7, 11) is 0. The SMILES string of the molecule is CC1(C)c2ccccc2-c2c1ccc1c2c2cc(-c3ccc4c(c3)c3ccccc3n4-c3cccc4ccccc34)ccc2n1-c1ccc(-c2ccccc2)cc1. The van der Waals surface area contributed by atoms with Crippen LogP contribution < -0.4 is 0 Å². The van der Waals surface area contributed by atoms with Crippen molar-refractivity contribution in [3.05, 3.63) is 205 Å². The largest absolute Gasteiger partial charge is 0.309 e. The highest BCUT2D eigenvalue weighted by molar-refractivity contribution is 6.19. The van der Waals surface area contributed by atoms with Crippen LogP contribution >= 0.6 is 0 Å². The second kappa shape index (κ2) is 11.9. The summed E-state index contributed by atoms with van der Waals surface area (Å²) in [6, 6.07) is 71.8. The molecule has 0 aliphatic heterocycles. The molecule has 2 heterocycles. The molecule has 0 unspecified atom stereocenters. The van der Waals surface area contributed by atoms with Crippen LogP contribution in [-0.2, 0) is 5.41 Å². The number of fused-ring (bicyclic) bond motifs is 11. The Kier molecular flexibility index (Phi) is 6.72. The van der Waals surface area contributed by atoms with E-state index in [1.54, 1.807) is 0 Å². The van der Waals surface area contributed by atoms with Crippen molar-refractivity contribution in [2.75, 3.05) is 0 Å². The number of para-hydroxylation sites is 1. The quantitative estimate of drug-likeness (QED) is 0.171. The molecule has 268 valence electrons. The molecular weight excluding hydrogens is 689 g/mol. The standard InChI is InChI=1S/C55H38N2/c1-55(2)46-20-10-8-19-43(46)53-47(55)29-32-52-54(53)45-34-39(26-31-51(45)56(52)40-27-23-36(24-28-40)35-13-4-3-5-14-35)38-25-30-50-44(33-38)42-18-9-11-21-49(42)57(50)48-22-12-16-37-15-6-7-17-41(37)48/h3-34H,1-2H3. The monoisotopic (exact) mass is 726 g/mol. The lowest BCUT2D eigenvalue weighted by atomic mass is 9.82. The molecule has 1 aliphatic carbocycles. The first kappa shape index (κ1) is 32.1. The van der Waals surface area contributed by atoms with Crippen LogP contribution in [-0.4, -0.2) is 9.13 Å². The van der Waals surface area contributed by atoms with Crippen molar-refractivity contribution in [2.45, 2.75) is 19.3 Å². The third kappa shape index (κ3) is 4.59. The van der Waals surface area contributed by atoms with Crippen molar-refractivity contribution in [1.82, 2.24) is 9.13 Å². The maximum Gasteiger partial charge on any atom is 0.0547 e. The molecular formula is C55H38N2. The van der Waals surface area contributed by atoms with E-state index < -0.39 is 0 Å². The fraction of sp³-hybridized carbons (Fsp3) is 0.0545. The fourth-order valence-corrected chi connectivity index (χ4v) is 10.0. The highest BCUT2D eigenvalue weighted by Crippen LogP contribution is 2.53. The van der Waals surface area contributed by atoms with Crippen LogP contribution in [0.5, 0.6) is 0 Å². The normalized spacial score (nSPS) is 13.2. The third-order valence-electron chi connectivity index (χ3n) is 12.7. The molecule has 0 radical (unpaired) electrons. The Bertz CT molecular complexity index is 3410. The van der Waals surface area contributed by atoms with E-state index in [1.165, 1.54) is 105 Å². The summed E-state index contributed by atoms with van der Waals surface area (Å²) in [6.45, 7) is 4.75. The molecule has 0 atom stereocenters. The highest BCUT2D eigenvalue weighted by atomic mass is 15.0. The van der Waals surface area contributed by atoms with Crippen molar-refractivity contribution >= 4 is 54.4 Å². The molecule has 0 spiro atoms. The molecule has 57 heavy (non-hydrogen) atoms. The lowest BCUT2D eigenvalue weighted by Crippen LogP contribution is -2.14. The fourth-order valence-electron chi connectivity index (χ4n) is 10.0. The van der Waals surface area contributed by atoms with Gasteiger partial charge in [0.15, 0.2) is 0 Å². The van der Waals surface area contributed by atoms with E-state index in [0.717, 1.165) is 5.69 Å². The van der Waals surface area contributed by atoms with Gasteiger partial charge in [0, 0.05) is 38.0 Å². The summed E-state index contributed by atoms with van der Waals surface area (Å²) in [5.41, 5.74) is 17.5. The van der Waals surface area contributed by atoms with Gasteiger partial charge in [-0.1, -0.05) is 153 Å². The predicted molar refractivity (Wildman–Crippen MR) is 241 cm³/mol. The topological polar surface area (TPSA) is 9.86 Å². The van der Waals surface area contributed by atoms with E-state index in [-0.39, 0.29) is 5.41 Å². The number of hydrogen-bond donors (Lipinski definition) is 0. The van der Waals surface area contributed by atoms with Crippen molar-refractivity contribution < 1.29 is 0 Å². The first-order valence-electron chi connectivity index (χ1n) is 19.9. The van der Waals surface area contributed by atoms with E-state index in [2.05, 4.69) is 217 Å². The molecule has 2 nitrogen and oxygen atoms in total. The molecule has 0 saturated heterocycles. The zero-order chi connectivity index (χ0) is 37.8. The molecule has 11 aromatic rings. The molecule has 0 bridgehead atoms. The predicted octanol–water partition coefficient (Wildman–Crippen LogP) is 14.7. The molecule has 0 fully saturated rings. The van der Waals surface area contributed by atoms with Gasteiger partial charge in [-0.15, -0.1) is 0 Å². The lowest BCUT2D eigenvalue weighted by Gasteiger charge is -2.21. The van der Waals surface area contributed by atoms with Crippen LogP contribution in [0.3, 0.4) is 0 Å². The Morgan fingerprint density at radius 2 is 0.965 bits per heavy atom. The van der Waals surface area contributed by atoms with Crippen LogP contribution in [0.4, 0.5) is 0 Å². The maximum absolute atomic E-state index is 2.47. The van der Waals surface area contributed by atoms with E-state index in [1.807, 2.05) is 0 Å². The minimum Gasteiger partial charge on any atom is -0.309 e. The molecule has 0 amide bonds. The zero-order valence-corrected chi connectivity index (χ0v) is 31.9. The number of benzene rings is 9. The van der Waals surface area contributed by atoms with Crippen molar-refractivity contribution in [2.24, 2.45) is 0 Å². The van der Waals surface area contributed by atoms with Gasteiger partial charge in [-0.2, -0.15) is 0 Å². The van der Waals surface area contributed by atoms with Crippen LogP contribution in [0.15, 0.2) is 194 Å². The Morgan fingerprint density at radius 1 is 0.368 bits per heavy atom. The average Bonchev–Trinajstić information content (AvgIpc) is 3.86. The molecule has 12 rings (SSSR count). The van der Waals surface area contributed by atoms with E-state index >= 15 is 0 Å². The molecule has 9 aromatic carbocycles. The van der Waals surface area contributed by atoms with Crippen molar-refractivity contribution in [3.63, 3.8) is 0 Å². The van der Waals surface area contributed by atoms with Gasteiger partial charge in [0.05, 0.1) is 27.8 Å². The van der Waals surface area contributed by atoms with Gasteiger partial charge in [-0.3, -0.25) is 0 Å². The Balaban J connectivity index is 1.10. The van der Waals surface area contributed by atoms with Crippen LogP contribution in [0, 0.1) is 0 Å². The Morgan fingerprint density at radius 3 is 1.79 bits per heavy atom. The minimum atomic E-state index is -0.0905. The maximum atomic E-state index is 2.47. The van der Waals surface area contributed by atoms with Gasteiger partial charge in [-0.25, -0.2) is 0 Å². The van der Waals surface area contributed by atoms with E-state index in [4.69, 9.17) is 0 Å². The third-order valence-corrected chi connectivity index (χ3v) is 12.7. The highest BCUT2D eigenvalue weighted by Gasteiger charge is 2.37. The Hall–Kier alpha value is -7.16. The van der Waals surface area contributed by atoms with Gasteiger partial charge in [-0.05, 0) is 104 Å². The minimum absolute atomic E-state index is 0.0905. The molecule has 0 saturated carbocycles. The smallest absolute Gasteiger partial charge is 0.0547 e.